The summed E-state index contributed by atoms with van der Waals surface area (Å²) in [5.74, 6) is 1.07. The Hall–Kier alpha value is -6.85. The minimum Gasteiger partial charge on any atom is -0.456 e. The minimum absolute atomic E-state index is 0.457. The Bertz CT molecular complexity index is 2770. The van der Waals surface area contributed by atoms with Crippen LogP contribution in [0.2, 0.25) is 0 Å². The number of para-hydroxylation sites is 3. The van der Waals surface area contributed by atoms with Crippen molar-refractivity contribution in [1.29, 1.82) is 0 Å². The smallest absolute Gasteiger partial charge is 0.161 e. The average Bonchev–Trinajstić information content (AvgIpc) is 3.72. The van der Waals surface area contributed by atoms with Gasteiger partial charge in [-0.15, -0.1) is 0 Å². The molecule has 9 aromatic rings. The zero-order chi connectivity index (χ0) is 34.1. The monoisotopic (exact) mass is 656 g/mol. The van der Waals surface area contributed by atoms with Crippen LogP contribution in [0.25, 0.3) is 60.6 Å². The highest BCUT2D eigenvalue weighted by atomic mass is 16.3. The second-order valence-corrected chi connectivity index (χ2v) is 12.5. The van der Waals surface area contributed by atoms with E-state index >= 15 is 0 Å². The molecule has 0 N–H and O–H groups in total. The highest BCUT2D eigenvalue weighted by molar-refractivity contribution is 6.19. The van der Waals surface area contributed by atoms with E-state index in [0.717, 1.165) is 77.2 Å². The Labute approximate surface area is 295 Å². The molecule has 0 spiro atoms. The number of hydrogen-bond acceptors (Lipinski definition) is 2. The maximum atomic E-state index is 6.39. The molecule has 5 nitrogen and oxygen atoms in total. The lowest BCUT2D eigenvalue weighted by molar-refractivity contribution is 0.669. The van der Waals surface area contributed by atoms with Gasteiger partial charge in [-0.25, -0.2) is 9.98 Å². The number of amidine groups is 2. The number of benzene rings is 7. The Morgan fingerprint density at radius 1 is 0.529 bits per heavy atom. The van der Waals surface area contributed by atoms with Gasteiger partial charge < -0.3 is 8.98 Å². The Balaban J connectivity index is 1.24. The van der Waals surface area contributed by atoms with Crippen LogP contribution in [0.5, 0.6) is 0 Å². The molecule has 0 atom stereocenters. The number of aromatic nitrogens is 1. The fourth-order valence-electron chi connectivity index (χ4n) is 6.97. The van der Waals surface area contributed by atoms with Crippen LogP contribution in [0, 0.1) is 0 Å². The molecule has 0 aliphatic carbocycles. The van der Waals surface area contributed by atoms with Gasteiger partial charge in [-0.05, 0) is 53.7 Å². The van der Waals surface area contributed by atoms with Gasteiger partial charge >= 0.3 is 0 Å². The van der Waals surface area contributed by atoms with Crippen LogP contribution in [0.4, 0.5) is 0 Å². The van der Waals surface area contributed by atoms with E-state index in [1.54, 1.807) is 0 Å². The van der Waals surface area contributed by atoms with Crippen molar-refractivity contribution in [2.45, 2.75) is 6.54 Å². The summed E-state index contributed by atoms with van der Waals surface area (Å²) in [7, 11) is 0. The Kier molecular flexibility index (Phi) is 7.63. The van der Waals surface area contributed by atoms with E-state index in [0.29, 0.717) is 18.2 Å². The first-order chi connectivity index (χ1) is 25.2. The van der Waals surface area contributed by atoms with E-state index in [-0.39, 0.29) is 0 Å². The fraction of sp³-hybridized carbons (Fsp3) is 0.0217. The van der Waals surface area contributed by atoms with E-state index in [1.165, 1.54) is 0 Å². The molecule has 51 heavy (non-hydrogen) atoms. The SMILES string of the molecule is C=N/C(=N\C(=N/Cc1ccccc1)c1ccccc1-n1c2ccccc2c2cc3c(cc21)oc1ccccc13)c1ccc(-c2ccccc2)cc1. The predicted octanol–water partition coefficient (Wildman–Crippen LogP) is 11.4. The van der Waals surface area contributed by atoms with Crippen LogP contribution in [0.3, 0.4) is 0 Å². The van der Waals surface area contributed by atoms with Gasteiger partial charge in [0.05, 0.1) is 23.3 Å². The first-order valence-electron chi connectivity index (χ1n) is 17.0. The fourth-order valence-corrected chi connectivity index (χ4v) is 6.97. The van der Waals surface area contributed by atoms with Crippen molar-refractivity contribution in [2.75, 3.05) is 0 Å². The van der Waals surface area contributed by atoms with E-state index in [9.17, 15) is 0 Å². The summed E-state index contributed by atoms with van der Waals surface area (Å²) in [5, 5.41) is 4.52. The Morgan fingerprint density at radius 3 is 2.00 bits per heavy atom. The molecule has 242 valence electrons. The number of furan rings is 1. The van der Waals surface area contributed by atoms with Gasteiger partial charge in [0.2, 0.25) is 0 Å². The van der Waals surface area contributed by atoms with E-state index < -0.39 is 0 Å². The van der Waals surface area contributed by atoms with Crippen molar-refractivity contribution in [2.24, 2.45) is 15.0 Å². The molecular formula is C46H32N4O. The molecule has 0 saturated carbocycles. The van der Waals surface area contributed by atoms with Gasteiger partial charge in [0.1, 0.15) is 11.2 Å². The lowest BCUT2D eigenvalue weighted by Gasteiger charge is -2.14. The molecule has 0 radical (unpaired) electrons. The standard InChI is InChI=1S/C46H32N4O/c1-47-45(34-26-24-33(25-27-34)32-16-6-3-7-17-32)49-46(48-30-31-14-4-2-5-15-31)37-20-9-12-22-41(37)50-40-21-11-8-18-35(40)38-28-39-36-19-10-13-23-43(36)51-44(39)29-42(38)50/h2-29H,1,30H2/b48-46-,49-45-. The van der Waals surface area contributed by atoms with Gasteiger partial charge in [0, 0.05) is 38.7 Å². The van der Waals surface area contributed by atoms with Crippen molar-refractivity contribution < 1.29 is 4.42 Å². The number of nitrogens with zero attached hydrogens (tertiary/aromatic N) is 4. The van der Waals surface area contributed by atoms with E-state index in [2.05, 4.69) is 119 Å². The maximum Gasteiger partial charge on any atom is 0.161 e. The summed E-state index contributed by atoms with van der Waals surface area (Å²) in [6.45, 7) is 4.39. The third-order valence-corrected chi connectivity index (χ3v) is 9.42. The van der Waals surface area contributed by atoms with Crippen LogP contribution in [0.1, 0.15) is 16.7 Å². The van der Waals surface area contributed by atoms with Gasteiger partial charge in [-0.2, -0.15) is 0 Å². The average molecular weight is 657 g/mol. The molecule has 0 amide bonds. The lowest BCUT2D eigenvalue weighted by Crippen LogP contribution is -2.09. The second-order valence-electron chi connectivity index (χ2n) is 12.5. The highest BCUT2D eigenvalue weighted by Crippen LogP contribution is 2.39. The maximum absolute atomic E-state index is 6.39. The van der Waals surface area contributed by atoms with Gasteiger partial charge in [0.25, 0.3) is 0 Å². The molecule has 5 heteroatoms. The van der Waals surface area contributed by atoms with Crippen molar-refractivity contribution in [1.82, 2.24) is 4.57 Å². The zero-order valence-electron chi connectivity index (χ0n) is 27.8. The van der Waals surface area contributed by atoms with Crippen molar-refractivity contribution in [3.63, 3.8) is 0 Å². The second kappa shape index (κ2) is 12.9. The highest BCUT2D eigenvalue weighted by Gasteiger charge is 2.20. The minimum atomic E-state index is 0.457. The molecule has 9 rings (SSSR count). The third-order valence-electron chi connectivity index (χ3n) is 9.42. The number of aliphatic imine (C=N–C) groups is 3. The van der Waals surface area contributed by atoms with Crippen LogP contribution in [-0.4, -0.2) is 23.0 Å². The van der Waals surface area contributed by atoms with Crippen LogP contribution in [-0.2, 0) is 6.54 Å². The summed E-state index contributed by atoms with van der Waals surface area (Å²) in [4.78, 5) is 14.8. The molecule has 7 aromatic carbocycles. The van der Waals surface area contributed by atoms with Crippen molar-refractivity contribution >= 4 is 62.1 Å². The molecule has 0 unspecified atom stereocenters. The molecule has 0 saturated heterocycles. The summed E-state index contributed by atoms with van der Waals surface area (Å²) < 4.78 is 8.69. The summed E-state index contributed by atoms with van der Waals surface area (Å²) in [5.41, 5.74) is 9.91. The quantitative estimate of drug-likeness (QED) is 0.130. The van der Waals surface area contributed by atoms with Gasteiger partial charge in [-0.1, -0.05) is 133 Å². The summed E-state index contributed by atoms with van der Waals surface area (Å²) >= 11 is 0. The molecule has 2 heterocycles. The van der Waals surface area contributed by atoms with Gasteiger partial charge in [-0.3, -0.25) is 4.99 Å². The zero-order valence-corrected chi connectivity index (χ0v) is 27.8. The van der Waals surface area contributed by atoms with Crippen LogP contribution >= 0.6 is 0 Å². The third kappa shape index (κ3) is 5.51. The molecule has 2 aromatic heterocycles. The Morgan fingerprint density at radius 2 is 1.20 bits per heavy atom. The van der Waals surface area contributed by atoms with Crippen molar-refractivity contribution in [3.05, 3.63) is 187 Å². The number of rotatable bonds is 6. The first-order valence-corrected chi connectivity index (χ1v) is 17.0. The molecule has 0 aliphatic heterocycles. The molecule has 0 aliphatic rings. The number of fused-ring (bicyclic) bond motifs is 6. The van der Waals surface area contributed by atoms with Gasteiger partial charge in [0.15, 0.2) is 11.7 Å². The van der Waals surface area contributed by atoms with E-state index in [4.69, 9.17) is 14.4 Å². The number of hydrogen-bond donors (Lipinski definition) is 0. The summed E-state index contributed by atoms with van der Waals surface area (Å²) in [6.07, 6.45) is 0. The molecular weight excluding hydrogens is 625 g/mol. The normalized spacial score (nSPS) is 12.3. The van der Waals surface area contributed by atoms with Crippen LogP contribution in [0.15, 0.2) is 189 Å². The molecule has 0 fully saturated rings. The lowest BCUT2D eigenvalue weighted by atomic mass is 10.0. The summed E-state index contributed by atoms with van der Waals surface area (Å²) in [6, 6.07) is 58.3. The van der Waals surface area contributed by atoms with E-state index in [1.807, 2.05) is 66.7 Å². The van der Waals surface area contributed by atoms with Crippen LogP contribution < -0.4 is 0 Å². The van der Waals surface area contributed by atoms with Crippen molar-refractivity contribution in [3.8, 4) is 16.8 Å². The first kappa shape index (κ1) is 30.2. The predicted molar refractivity (Wildman–Crippen MR) is 213 cm³/mol. The largest absolute Gasteiger partial charge is 0.456 e. The topological polar surface area (TPSA) is 55.1 Å². The molecule has 0 bridgehead atoms.